The molecule has 0 saturated heterocycles. The molecule has 4 rings (SSSR count). The fourth-order valence-corrected chi connectivity index (χ4v) is 4.26. The summed E-state index contributed by atoms with van der Waals surface area (Å²) in [7, 11) is -2.47. The van der Waals surface area contributed by atoms with Gasteiger partial charge in [-0.1, -0.05) is 29.3 Å². The largest absolute Gasteiger partial charge is 0.497 e. The summed E-state index contributed by atoms with van der Waals surface area (Å²) in [5.41, 5.74) is 2.70. The smallest absolute Gasteiger partial charge is 0.298 e. The molecule has 0 atom stereocenters. The maximum Gasteiger partial charge on any atom is 0.298 e. The summed E-state index contributed by atoms with van der Waals surface area (Å²) in [5, 5.41) is 8.52. The lowest BCUT2D eigenvalue weighted by Crippen LogP contribution is -2.18. The lowest BCUT2D eigenvalue weighted by molar-refractivity contribution is 0.414. The SMILES string of the molecule is COc1ccc(-n2c(-c3ccc(Cl)cc3)nnc2S(=O)(=O)Nc2ccc(C)cc2)cc1. The van der Waals surface area contributed by atoms with E-state index in [9.17, 15) is 8.42 Å². The van der Waals surface area contributed by atoms with Crippen molar-refractivity contribution in [2.45, 2.75) is 12.1 Å². The number of benzene rings is 3. The van der Waals surface area contributed by atoms with E-state index < -0.39 is 10.0 Å². The molecule has 0 aliphatic heterocycles. The van der Waals surface area contributed by atoms with Gasteiger partial charge in [0, 0.05) is 16.3 Å². The highest BCUT2D eigenvalue weighted by molar-refractivity contribution is 7.92. The Morgan fingerprint density at radius 3 is 2.16 bits per heavy atom. The molecule has 9 heteroatoms. The molecule has 0 unspecified atom stereocenters. The van der Waals surface area contributed by atoms with Gasteiger partial charge in [0.25, 0.3) is 15.2 Å². The molecule has 1 aromatic heterocycles. The Morgan fingerprint density at radius 1 is 0.903 bits per heavy atom. The monoisotopic (exact) mass is 454 g/mol. The van der Waals surface area contributed by atoms with Gasteiger partial charge in [-0.2, -0.15) is 8.42 Å². The van der Waals surface area contributed by atoms with Crippen LogP contribution in [-0.4, -0.2) is 30.3 Å². The van der Waals surface area contributed by atoms with E-state index in [-0.39, 0.29) is 5.16 Å². The first-order valence-electron chi connectivity index (χ1n) is 9.33. The molecular formula is C22H19ClN4O3S. The van der Waals surface area contributed by atoms with E-state index in [4.69, 9.17) is 16.3 Å². The quantitative estimate of drug-likeness (QED) is 0.456. The standard InChI is InChI=1S/C22H19ClN4O3S/c1-15-3-9-18(10-4-15)26-31(28,29)22-25-24-21(16-5-7-17(23)8-6-16)27(22)19-11-13-20(30-2)14-12-19/h3-14,26H,1-2H3. The molecule has 0 radical (unpaired) electrons. The minimum atomic E-state index is -4.03. The Hall–Kier alpha value is -3.36. The molecular weight excluding hydrogens is 436 g/mol. The number of nitrogens with zero attached hydrogens (tertiary/aromatic N) is 3. The molecule has 31 heavy (non-hydrogen) atoms. The van der Waals surface area contributed by atoms with E-state index >= 15 is 0 Å². The van der Waals surface area contributed by atoms with Gasteiger partial charge in [0.05, 0.1) is 12.8 Å². The van der Waals surface area contributed by atoms with Gasteiger partial charge in [0.15, 0.2) is 5.82 Å². The third-order valence-corrected chi connectivity index (χ3v) is 6.11. The average molecular weight is 455 g/mol. The number of aromatic nitrogens is 3. The second-order valence-electron chi connectivity index (χ2n) is 6.82. The molecule has 0 aliphatic rings. The van der Waals surface area contributed by atoms with Crippen LogP contribution in [0.2, 0.25) is 5.02 Å². The minimum absolute atomic E-state index is 0.233. The third kappa shape index (κ3) is 4.40. The number of nitrogens with one attached hydrogen (secondary N) is 1. The van der Waals surface area contributed by atoms with E-state index in [1.165, 1.54) is 4.57 Å². The molecule has 0 fully saturated rings. The predicted octanol–water partition coefficient (Wildman–Crippen LogP) is 4.71. The van der Waals surface area contributed by atoms with Gasteiger partial charge >= 0.3 is 0 Å². The first-order valence-corrected chi connectivity index (χ1v) is 11.2. The average Bonchev–Trinajstić information content (AvgIpc) is 3.22. The predicted molar refractivity (Wildman–Crippen MR) is 120 cm³/mol. The lowest BCUT2D eigenvalue weighted by atomic mass is 10.2. The van der Waals surface area contributed by atoms with E-state index in [1.807, 2.05) is 19.1 Å². The number of ether oxygens (including phenoxy) is 1. The Balaban J connectivity index is 1.85. The summed E-state index contributed by atoms with van der Waals surface area (Å²) >= 11 is 6.01. The Kier molecular flexibility index (Phi) is 5.67. The summed E-state index contributed by atoms with van der Waals surface area (Å²) < 4.78 is 35.7. The Morgan fingerprint density at radius 2 is 1.55 bits per heavy atom. The van der Waals surface area contributed by atoms with Gasteiger partial charge in [0.1, 0.15) is 5.75 Å². The van der Waals surface area contributed by atoms with Crippen LogP contribution in [0.25, 0.3) is 17.1 Å². The van der Waals surface area contributed by atoms with Gasteiger partial charge in [-0.15, -0.1) is 10.2 Å². The van der Waals surface area contributed by atoms with E-state index in [0.29, 0.717) is 33.5 Å². The van der Waals surface area contributed by atoms with Crippen molar-refractivity contribution in [2.24, 2.45) is 0 Å². The van der Waals surface area contributed by atoms with Crippen molar-refractivity contribution in [1.82, 2.24) is 14.8 Å². The first-order chi connectivity index (χ1) is 14.9. The molecule has 4 aromatic rings. The number of hydrogen-bond acceptors (Lipinski definition) is 5. The molecule has 1 N–H and O–H groups in total. The van der Waals surface area contributed by atoms with Gasteiger partial charge in [-0.05, 0) is 67.6 Å². The summed E-state index contributed by atoms with van der Waals surface area (Å²) in [4.78, 5) is 0. The summed E-state index contributed by atoms with van der Waals surface area (Å²) in [6.07, 6.45) is 0. The summed E-state index contributed by atoms with van der Waals surface area (Å²) in [6.45, 7) is 1.93. The van der Waals surface area contributed by atoms with E-state index in [1.54, 1.807) is 67.8 Å². The van der Waals surface area contributed by atoms with Crippen molar-refractivity contribution in [3.8, 4) is 22.8 Å². The van der Waals surface area contributed by atoms with Crippen LogP contribution in [0.4, 0.5) is 5.69 Å². The van der Waals surface area contributed by atoms with Crippen LogP contribution in [-0.2, 0) is 10.0 Å². The molecule has 158 valence electrons. The molecule has 0 amide bonds. The number of rotatable bonds is 6. The fourth-order valence-electron chi connectivity index (χ4n) is 3.02. The lowest BCUT2D eigenvalue weighted by Gasteiger charge is -2.13. The fraction of sp³-hybridized carbons (Fsp3) is 0.0909. The first kappa shape index (κ1) is 20.9. The zero-order chi connectivity index (χ0) is 22.0. The number of sulfonamides is 1. The van der Waals surface area contributed by atoms with Gasteiger partial charge < -0.3 is 4.74 Å². The number of halogens is 1. The van der Waals surface area contributed by atoms with Crippen LogP contribution in [0.3, 0.4) is 0 Å². The maximum atomic E-state index is 13.2. The van der Waals surface area contributed by atoms with Crippen LogP contribution in [0.1, 0.15) is 5.56 Å². The number of hydrogen-bond donors (Lipinski definition) is 1. The summed E-state index contributed by atoms with van der Waals surface area (Å²) in [6, 6.07) is 20.9. The highest BCUT2D eigenvalue weighted by Crippen LogP contribution is 2.28. The number of anilines is 1. The summed E-state index contributed by atoms with van der Waals surface area (Å²) in [5.74, 6) is 1.01. The van der Waals surface area contributed by atoms with Gasteiger partial charge in [0.2, 0.25) is 0 Å². The van der Waals surface area contributed by atoms with Crippen molar-refractivity contribution < 1.29 is 13.2 Å². The van der Waals surface area contributed by atoms with Crippen molar-refractivity contribution >= 4 is 27.3 Å². The molecule has 3 aromatic carbocycles. The molecule has 0 spiro atoms. The van der Waals surface area contributed by atoms with Crippen LogP contribution >= 0.6 is 11.6 Å². The van der Waals surface area contributed by atoms with Crippen molar-refractivity contribution in [3.05, 3.63) is 83.4 Å². The molecule has 1 heterocycles. The van der Waals surface area contributed by atoms with Crippen molar-refractivity contribution in [1.29, 1.82) is 0 Å². The maximum absolute atomic E-state index is 13.2. The normalized spacial score (nSPS) is 11.3. The zero-order valence-corrected chi connectivity index (χ0v) is 18.4. The second kappa shape index (κ2) is 8.41. The van der Waals surface area contributed by atoms with E-state index in [0.717, 1.165) is 5.56 Å². The van der Waals surface area contributed by atoms with E-state index in [2.05, 4.69) is 14.9 Å². The Bertz CT molecular complexity index is 1300. The second-order valence-corrected chi connectivity index (χ2v) is 8.83. The van der Waals surface area contributed by atoms with Gasteiger partial charge in [-0.3, -0.25) is 9.29 Å². The van der Waals surface area contributed by atoms with Crippen LogP contribution < -0.4 is 9.46 Å². The molecule has 7 nitrogen and oxygen atoms in total. The van der Waals surface area contributed by atoms with Crippen molar-refractivity contribution in [2.75, 3.05) is 11.8 Å². The van der Waals surface area contributed by atoms with Crippen LogP contribution in [0.5, 0.6) is 5.75 Å². The third-order valence-electron chi connectivity index (χ3n) is 4.61. The zero-order valence-electron chi connectivity index (χ0n) is 16.8. The van der Waals surface area contributed by atoms with Crippen LogP contribution in [0.15, 0.2) is 78.0 Å². The molecule has 0 bridgehead atoms. The highest BCUT2D eigenvalue weighted by atomic mass is 35.5. The van der Waals surface area contributed by atoms with Gasteiger partial charge in [-0.25, -0.2) is 0 Å². The molecule has 0 aliphatic carbocycles. The number of methoxy groups -OCH3 is 1. The van der Waals surface area contributed by atoms with Crippen molar-refractivity contribution in [3.63, 3.8) is 0 Å². The van der Waals surface area contributed by atoms with Crippen LogP contribution in [0, 0.1) is 6.92 Å². The Labute approximate surface area is 185 Å². The topological polar surface area (TPSA) is 86.1 Å². The minimum Gasteiger partial charge on any atom is -0.497 e. The molecule has 0 saturated carbocycles. The number of aryl methyl sites for hydroxylation is 1. The highest BCUT2D eigenvalue weighted by Gasteiger charge is 2.26.